The second kappa shape index (κ2) is 7.27. The lowest BCUT2D eigenvalue weighted by atomic mass is 10.1. The molecule has 152 valence electrons. The van der Waals surface area contributed by atoms with Crippen LogP contribution in [0, 0.1) is 0 Å². The average Bonchev–Trinajstić information content (AvgIpc) is 3.30. The predicted molar refractivity (Wildman–Crippen MR) is 106 cm³/mol. The smallest absolute Gasteiger partial charge is 0.341 e. The van der Waals surface area contributed by atoms with Gasteiger partial charge in [0.05, 0.1) is 17.7 Å². The third-order valence-electron chi connectivity index (χ3n) is 4.85. The second-order valence-corrected chi connectivity index (χ2v) is 9.58. The van der Waals surface area contributed by atoms with Crippen LogP contribution < -0.4 is 5.32 Å². The minimum absolute atomic E-state index is 0.0441. The van der Waals surface area contributed by atoms with Crippen LogP contribution in [0.5, 0.6) is 0 Å². The molecule has 0 unspecified atom stereocenters. The molecule has 1 aliphatic heterocycles. The monoisotopic (exact) mass is 434 g/mol. The van der Waals surface area contributed by atoms with Gasteiger partial charge in [0.15, 0.2) is 0 Å². The van der Waals surface area contributed by atoms with Crippen molar-refractivity contribution in [3.63, 3.8) is 0 Å². The maximum absolute atomic E-state index is 12.6. The quantitative estimate of drug-likeness (QED) is 0.723. The van der Waals surface area contributed by atoms with E-state index in [-0.39, 0.29) is 17.1 Å². The number of carbonyl (C=O) groups excluding carboxylic acids is 3. The second-order valence-electron chi connectivity index (χ2n) is 6.64. The summed E-state index contributed by atoms with van der Waals surface area (Å²) in [5, 5.41) is 2.94. The van der Waals surface area contributed by atoms with E-state index in [2.05, 4.69) is 5.32 Å². The van der Waals surface area contributed by atoms with Crippen LogP contribution in [0.3, 0.4) is 0 Å². The number of ether oxygens (including phenoxy) is 1. The molecule has 2 aromatic rings. The largest absolute Gasteiger partial charge is 0.462 e. The molecule has 8 nitrogen and oxygen atoms in total. The summed E-state index contributed by atoms with van der Waals surface area (Å²) in [6, 6.07) is 5.83. The number of benzene rings is 1. The van der Waals surface area contributed by atoms with Gasteiger partial charge in [-0.05, 0) is 43.9 Å². The lowest BCUT2D eigenvalue weighted by Crippen LogP contribution is -2.37. The molecule has 1 aromatic heterocycles. The summed E-state index contributed by atoms with van der Waals surface area (Å²) < 4.78 is 30.9. The number of anilines is 1. The van der Waals surface area contributed by atoms with E-state index < -0.39 is 34.4 Å². The van der Waals surface area contributed by atoms with Gasteiger partial charge in [-0.15, -0.1) is 11.3 Å². The number of thiophene rings is 1. The molecule has 0 saturated heterocycles. The van der Waals surface area contributed by atoms with E-state index in [1.165, 1.54) is 29.5 Å². The zero-order chi connectivity index (χ0) is 20.8. The molecule has 1 N–H and O–H groups in total. The Labute approximate surface area is 171 Å². The Bertz CT molecular complexity index is 1140. The van der Waals surface area contributed by atoms with Crippen LogP contribution in [0.4, 0.5) is 5.00 Å². The fraction of sp³-hybridized carbons (Fsp3) is 0.316. The first-order valence-electron chi connectivity index (χ1n) is 9.12. The van der Waals surface area contributed by atoms with E-state index in [4.69, 9.17) is 4.74 Å². The van der Waals surface area contributed by atoms with Crippen LogP contribution in [-0.2, 0) is 32.4 Å². The number of rotatable bonds is 5. The van der Waals surface area contributed by atoms with Crippen LogP contribution in [0.1, 0.15) is 44.5 Å². The van der Waals surface area contributed by atoms with E-state index in [0.717, 1.165) is 29.7 Å². The van der Waals surface area contributed by atoms with E-state index >= 15 is 0 Å². The highest BCUT2D eigenvalue weighted by Crippen LogP contribution is 2.39. The minimum Gasteiger partial charge on any atom is -0.462 e. The molecule has 0 fully saturated rings. The van der Waals surface area contributed by atoms with Gasteiger partial charge in [-0.2, -0.15) is 0 Å². The molecule has 0 bridgehead atoms. The molecule has 2 aliphatic rings. The van der Waals surface area contributed by atoms with Gasteiger partial charge >= 0.3 is 5.97 Å². The molecule has 0 atom stereocenters. The van der Waals surface area contributed by atoms with Gasteiger partial charge in [0, 0.05) is 4.88 Å². The molecule has 0 radical (unpaired) electrons. The van der Waals surface area contributed by atoms with Crippen molar-refractivity contribution >= 4 is 44.1 Å². The highest BCUT2D eigenvalue weighted by atomic mass is 32.2. The van der Waals surface area contributed by atoms with Crippen molar-refractivity contribution in [3.05, 3.63) is 45.8 Å². The highest BCUT2D eigenvalue weighted by molar-refractivity contribution is 7.90. The van der Waals surface area contributed by atoms with Crippen LogP contribution in [0.25, 0.3) is 0 Å². The van der Waals surface area contributed by atoms with Crippen LogP contribution in [0.15, 0.2) is 29.2 Å². The molecule has 0 saturated carbocycles. The lowest BCUT2D eigenvalue weighted by Gasteiger charge is -2.15. The Balaban J connectivity index is 1.58. The standard InChI is InChI=1S/C19H18N2O6S2/c1-2-27-19(24)16-11-7-5-8-13(11)28-17(16)20-15(22)10-21-18(23)12-6-3-4-9-14(12)29(21,25)26/h3-4,6,9H,2,5,7-8,10H2,1H3,(H,20,22). The van der Waals surface area contributed by atoms with Crippen LogP contribution in [0.2, 0.25) is 0 Å². The van der Waals surface area contributed by atoms with Gasteiger partial charge in [-0.25, -0.2) is 17.5 Å². The molecule has 1 aromatic carbocycles. The van der Waals surface area contributed by atoms with Gasteiger partial charge in [0.25, 0.3) is 15.9 Å². The number of hydrogen-bond acceptors (Lipinski definition) is 7. The Morgan fingerprint density at radius 2 is 2.00 bits per heavy atom. The van der Waals surface area contributed by atoms with Crippen molar-refractivity contribution in [1.29, 1.82) is 0 Å². The Morgan fingerprint density at radius 3 is 2.72 bits per heavy atom. The Kier molecular flexibility index (Phi) is 4.91. The van der Waals surface area contributed by atoms with Crippen molar-refractivity contribution in [1.82, 2.24) is 4.31 Å². The van der Waals surface area contributed by atoms with Crippen molar-refractivity contribution in [2.24, 2.45) is 0 Å². The molecular weight excluding hydrogens is 416 g/mol. The highest BCUT2D eigenvalue weighted by Gasteiger charge is 2.42. The number of sulfonamides is 1. The van der Waals surface area contributed by atoms with Gasteiger partial charge in [-0.1, -0.05) is 12.1 Å². The first-order valence-corrected chi connectivity index (χ1v) is 11.4. The number of carbonyl (C=O) groups is 3. The first-order chi connectivity index (χ1) is 13.8. The van der Waals surface area contributed by atoms with Gasteiger partial charge in [0.2, 0.25) is 5.91 Å². The van der Waals surface area contributed by atoms with Crippen molar-refractivity contribution in [2.75, 3.05) is 18.5 Å². The summed E-state index contributed by atoms with van der Waals surface area (Å²) in [6.07, 6.45) is 2.47. The number of amides is 2. The van der Waals surface area contributed by atoms with E-state index in [0.29, 0.717) is 14.9 Å². The Hall–Kier alpha value is -2.72. The van der Waals surface area contributed by atoms with Gasteiger partial charge in [-0.3, -0.25) is 9.59 Å². The maximum Gasteiger partial charge on any atom is 0.341 e. The molecule has 0 spiro atoms. The number of esters is 1. The summed E-state index contributed by atoms with van der Waals surface area (Å²) in [5.41, 5.74) is 1.25. The number of hydrogen-bond donors (Lipinski definition) is 1. The summed E-state index contributed by atoms with van der Waals surface area (Å²) in [4.78, 5) is 38.4. The van der Waals surface area contributed by atoms with E-state index in [1.807, 2.05) is 0 Å². The SMILES string of the molecule is CCOC(=O)c1c(NC(=O)CN2C(=O)c3ccccc3S2(=O)=O)sc2c1CCC2. The number of fused-ring (bicyclic) bond motifs is 2. The summed E-state index contributed by atoms with van der Waals surface area (Å²) in [7, 11) is -4.08. The van der Waals surface area contributed by atoms with Crippen molar-refractivity contribution in [3.8, 4) is 0 Å². The third kappa shape index (κ3) is 3.22. The zero-order valence-electron chi connectivity index (χ0n) is 15.6. The van der Waals surface area contributed by atoms with Gasteiger partial charge < -0.3 is 10.1 Å². The molecule has 29 heavy (non-hydrogen) atoms. The maximum atomic E-state index is 12.6. The predicted octanol–water partition coefficient (Wildman–Crippen LogP) is 2.20. The number of nitrogens with one attached hydrogen (secondary N) is 1. The average molecular weight is 434 g/mol. The van der Waals surface area contributed by atoms with E-state index in [1.54, 1.807) is 13.0 Å². The molecule has 2 heterocycles. The first kappa shape index (κ1) is 19.6. The zero-order valence-corrected chi connectivity index (χ0v) is 17.2. The molecule has 4 rings (SSSR count). The number of aryl methyl sites for hydroxylation is 1. The summed E-state index contributed by atoms with van der Waals surface area (Å²) in [5.74, 6) is -1.95. The molecule has 10 heteroatoms. The topological polar surface area (TPSA) is 110 Å². The fourth-order valence-electron chi connectivity index (χ4n) is 3.60. The lowest BCUT2D eigenvalue weighted by molar-refractivity contribution is -0.116. The Morgan fingerprint density at radius 1 is 1.24 bits per heavy atom. The number of nitrogens with zero attached hydrogens (tertiary/aromatic N) is 1. The third-order valence-corrected chi connectivity index (χ3v) is 7.85. The normalized spacial score (nSPS) is 16.4. The van der Waals surface area contributed by atoms with Crippen molar-refractivity contribution in [2.45, 2.75) is 31.1 Å². The minimum atomic E-state index is -4.08. The summed E-state index contributed by atoms with van der Waals surface area (Å²) >= 11 is 1.29. The van der Waals surface area contributed by atoms with Crippen LogP contribution >= 0.6 is 11.3 Å². The summed E-state index contributed by atoms with van der Waals surface area (Å²) in [6.45, 7) is 1.24. The van der Waals surface area contributed by atoms with E-state index in [9.17, 15) is 22.8 Å². The fourth-order valence-corrected chi connectivity index (χ4v) is 6.41. The molecule has 1 aliphatic carbocycles. The van der Waals surface area contributed by atoms with Crippen LogP contribution in [-0.4, -0.2) is 43.7 Å². The van der Waals surface area contributed by atoms with Gasteiger partial charge in [0.1, 0.15) is 16.4 Å². The van der Waals surface area contributed by atoms with Crippen molar-refractivity contribution < 1.29 is 27.5 Å². The molecule has 2 amide bonds. The molecular formula is C19H18N2O6S2.